The van der Waals surface area contributed by atoms with E-state index in [1.807, 2.05) is 32.9 Å². The van der Waals surface area contributed by atoms with Crippen LogP contribution in [0.4, 0.5) is 15.6 Å². The molecule has 3 aliphatic rings. The molecule has 276 valence electrons. The number of aryl methyl sites for hydroxylation is 1. The number of nitrogens with zero attached hydrogens (tertiary/aromatic N) is 7. The number of nitrogens with two attached hydrogens (primary N) is 1. The van der Waals surface area contributed by atoms with Gasteiger partial charge in [0.2, 0.25) is 11.7 Å². The van der Waals surface area contributed by atoms with Gasteiger partial charge in [-0.3, -0.25) is 0 Å². The Morgan fingerprint density at radius 1 is 1.08 bits per heavy atom. The smallest absolute Gasteiger partial charge is 0.410 e. The van der Waals surface area contributed by atoms with Crippen LogP contribution in [-0.4, -0.2) is 89.0 Å². The lowest BCUT2D eigenvalue weighted by atomic mass is 9.71. The molecular weight excluding hydrogens is 665 g/mol. The van der Waals surface area contributed by atoms with Gasteiger partial charge in [-0.2, -0.15) is 10.2 Å². The number of rotatable bonds is 10. The lowest BCUT2D eigenvalue weighted by Gasteiger charge is -2.46. The van der Waals surface area contributed by atoms with E-state index in [0.717, 1.165) is 81.0 Å². The van der Waals surface area contributed by atoms with Crippen molar-refractivity contribution in [3.63, 3.8) is 0 Å². The number of nitriles is 1. The van der Waals surface area contributed by atoms with Crippen LogP contribution in [0.2, 0.25) is 0 Å². The molecule has 0 aliphatic carbocycles. The number of hydrogen-bond donors (Lipinski definition) is 1. The molecule has 0 atom stereocenters. The number of thiophene rings is 1. The Morgan fingerprint density at radius 2 is 1.78 bits per heavy atom. The molecule has 6 rings (SSSR count). The minimum atomic E-state index is -0.531. The molecule has 2 N–H and O–H groups in total. The van der Waals surface area contributed by atoms with Crippen molar-refractivity contribution in [2.45, 2.75) is 110 Å². The van der Waals surface area contributed by atoms with E-state index in [-0.39, 0.29) is 12.2 Å². The van der Waals surface area contributed by atoms with Crippen LogP contribution in [0, 0.1) is 16.7 Å². The van der Waals surface area contributed by atoms with E-state index in [2.05, 4.69) is 35.0 Å². The molecular formula is C38H54N8O4S. The number of hydrogen-bond acceptors (Lipinski definition) is 12. The summed E-state index contributed by atoms with van der Waals surface area (Å²) < 4.78 is 18.0. The van der Waals surface area contributed by atoms with E-state index in [1.165, 1.54) is 24.2 Å². The van der Waals surface area contributed by atoms with Crippen molar-refractivity contribution in [1.82, 2.24) is 24.9 Å². The number of unbranched alkanes of at least 4 members (excludes halogenated alkanes) is 2. The number of piperidine rings is 3. The fraction of sp³-hybridized carbons (Fsp3) is 0.658. The van der Waals surface area contributed by atoms with Crippen molar-refractivity contribution in [2.24, 2.45) is 5.41 Å². The number of carbonyl (C=O) groups excluding carboxylic acids is 1. The average Bonchev–Trinajstić information content (AvgIpc) is 3.69. The summed E-state index contributed by atoms with van der Waals surface area (Å²) in [6.07, 6.45) is 10.3. The minimum absolute atomic E-state index is 0.0592. The highest BCUT2D eigenvalue weighted by molar-refractivity contribution is 7.16. The molecule has 0 radical (unpaired) electrons. The maximum atomic E-state index is 12.7. The van der Waals surface area contributed by atoms with Crippen molar-refractivity contribution in [3.8, 4) is 23.3 Å². The largest absolute Gasteiger partial charge is 0.490 e. The van der Waals surface area contributed by atoms with Crippen LogP contribution in [0.25, 0.3) is 11.5 Å². The number of amides is 1. The third kappa shape index (κ3) is 9.13. The third-order valence-electron chi connectivity index (χ3n) is 10.6. The van der Waals surface area contributed by atoms with E-state index >= 15 is 0 Å². The topological polar surface area (TPSA) is 147 Å². The number of pyridine rings is 1. The van der Waals surface area contributed by atoms with E-state index < -0.39 is 5.60 Å². The first-order valence-corrected chi connectivity index (χ1v) is 19.5. The second kappa shape index (κ2) is 15.8. The Balaban J connectivity index is 1.21. The molecule has 0 bridgehead atoms. The Hall–Kier alpha value is -3.89. The first-order chi connectivity index (χ1) is 24.4. The molecule has 3 saturated heterocycles. The van der Waals surface area contributed by atoms with Gasteiger partial charge in [0.1, 0.15) is 40.0 Å². The fourth-order valence-corrected chi connectivity index (χ4v) is 8.56. The van der Waals surface area contributed by atoms with Crippen molar-refractivity contribution < 1.29 is 18.8 Å². The highest BCUT2D eigenvalue weighted by atomic mass is 32.1. The second-order valence-electron chi connectivity index (χ2n) is 15.6. The van der Waals surface area contributed by atoms with Gasteiger partial charge in [0.05, 0.1) is 12.0 Å². The maximum Gasteiger partial charge on any atom is 0.410 e. The molecule has 12 nitrogen and oxygen atoms in total. The predicted molar refractivity (Wildman–Crippen MR) is 199 cm³/mol. The van der Waals surface area contributed by atoms with Crippen LogP contribution in [0.5, 0.6) is 5.75 Å². The summed E-state index contributed by atoms with van der Waals surface area (Å²) in [5.74, 6) is 2.35. The Kier molecular flexibility index (Phi) is 11.4. The normalized spacial score (nSPS) is 18.6. The van der Waals surface area contributed by atoms with E-state index in [0.29, 0.717) is 71.5 Å². The molecule has 51 heavy (non-hydrogen) atoms. The summed E-state index contributed by atoms with van der Waals surface area (Å²) in [6, 6.07) is 6.22. The lowest BCUT2D eigenvalue weighted by molar-refractivity contribution is 0.0126. The summed E-state index contributed by atoms with van der Waals surface area (Å²) in [6.45, 7) is 13.2. The Morgan fingerprint density at radius 3 is 2.45 bits per heavy atom. The summed E-state index contributed by atoms with van der Waals surface area (Å²) in [5, 5.41) is 14.8. The van der Waals surface area contributed by atoms with Crippen LogP contribution in [0.1, 0.15) is 107 Å². The number of aromatic nitrogens is 3. The van der Waals surface area contributed by atoms with Gasteiger partial charge in [0.15, 0.2) is 0 Å². The van der Waals surface area contributed by atoms with Crippen molar-refractivity contribution in [1.29, 1.82) is 5.26 Å². The molecule has 3 fully saturated rings. The van der Waals surface area contributed by atoms with Crippen molar-refractivity contribution >= 4 is 28.2 Å². The zero-order valence-corrected chi connectivity index (χ0v) is 31.8. The first kappa shape index (κ1) is 36.9. The van der Waals surface area contributed by atoms with Crippen LogP contribution in [0.3, 0.4) is 0 Å². The molecule has 3 aromatic heterocycles. The van der Waals surface area contributed by atoms with Gasteiger partial charge in [0.25, 0.3) is 0 Å². The van der Waals surface area contributed by atoms with Crippen LogP contribution in [-0.2, 0) is 17.6 Å². The summed E-state index contributed by atoms with van der Waals surface area (Å²) in [7, 11) is 2.22. The number of ether oxygens (including phenoxy) is 2. The zero-order valence-electron chi connectivity index (χ0n) is 31.0. The number of likely N-dealkylation sites (tertiary alicyclic amines) is 2. The zero-order chi connectivity index (χ0) is 36.2. The monoisotopic (exact) mass is 718 g/mol. The van der Waals surface area contributed by atoms with Crippen molar-refractivity contribution in [3.05, 3.63) is 34.0 Å². The van der Waals surface area contributed by atoms with Gasteiger partial charge in [0, 0.05) is 56.0 Å². The molecule has 3 aromatic rings. The van der Waals surface area contributed by atoms with Crippen LogP contribution >= 0.6 is 11.3 Å². The molecule has 6 heterocycles. The predicted octanol–water partition coefficient (Wildman–Crippen LogP) is 7.06. The van der Waals surface area contributed by atoms with Gasteiger partial charge in [-0.25, -0.2) is 9.78 Å². The maximum absolute atomic E-state index is 12.7. The summed E-state index contributed by atoms with van der Waals surface area (Å²) in [5.41, 5.74) is 8.11. The van der Waals surface area contributed by atoms with Gasteiger partial charge in [-0.15, -0.1) is 11.3 Å². The lowest BCUT2D eigenvalue weighted by Crippen LogP contribution is -2.46. The quantitative estimate of drug-likeness (QED) is 0.215. The molecule has 1 spiro atoms. The van der Waals surface area contributed by atoms with Gasteiger partial charge in [-0.1, -0.05) is 24.9 Å². The van der Waals surface area contributed by atoms with Gasteiger partial charge in [-0.05, 0) is 90.4 Å². The molecule has 0 unspecified atom stereocenters. The van der Waals surface area contributed by atoms with Gasteiger partial charge >= 0.3 is 6.09 Å². The molecule has 3 aliphatic heterocycles. The SMILES string of the molecule is CCCCCc1sc(N)c(C#N)c1Cc1nc(-c2cc(OC3CCN(C(=O)OC(C)(C)C)CC3)cc(N3CCC4(CCN(C)CC4)CC3)n2)no1. The average molecular weight is 719 g/mol. The molecule has 13 heteroatoms. The number of nitrogen functional groups attached to an aromatic ring is 1. The molecule has 0 saturated carbocycles. The standard InChI is InChI=1S/C38H54N8O4S/c1-6-7-8-9-31-28(29(25-39)34(40)51-31)24-33-42-35(43-50-33)30-22-27(48-26-10-16-46(17-11-26)36(47)49-37(2,3)4)23-32(41-30)45-20-14-38(15-21-45)12-18-44(5)19-13-38/h22-23,26H,6-21,24,40H2,1-5H3. The highest BCUT2D eigenvalue weighted by Gasteiger charge is 2.37. The second-order valence-corrected chi connectivity index (χ2v) is 16.8. The molecule has 1 amide bonds. The van der Waals surface area contributed by atoms with E-state index in [4.69, 9.17) is 29.7 Å². The summed E-state index contributed by atoms with van der Waals surface area (Å²) >= 11 is 1.49. The number of carbonyl (C=O) groups is 1. The Bertz CT molecular complexity index is 1680. The summed E-state index contributed by atoms with van der Waals surface area (Å²) in [4.78, 5) is 30.2. The van der Waals surface area contributed by atoms with Gasteiger partial charge < -0.3 is 34.4 Å². The van der Waals surface area contributed by atoms with E-state index in [9.17, 15) is 10.1 Å². The van der Waals surface area contributed by atoms with Crippen molar-refractivity contribution in [2.75, 3.05) is 56.9 Å². The highest BCUT2D eigenvalue weighted by Crippen LogP contribution is 2.42. The minimum Gasteiger partial charge on any atom is -0.490 e. The first-order valence-electron chi connectivity index (χ1n) is 18.7. The molecule has 0 aromatic carbocycles. The van der Waals surface area contributed by atoms with Crippen LogP contribution in [0.15, 0.2) is 16.7 Å². The fourth-order valence-electron chi connectivity index (χ4n) is 7.48. The number of anilines is 2. The van der Waals surface area contributed by atoms with E-state index in [1.54, 1.807) is 4.90 Å². The van der Waals surface area contributed by atoms with Crippen LogP contribution < -0.4 is 15.4 Å². The Labute approximate surface area is 306 Å². The third-order valence-corrected chi connectivity index (χ3v) is 11.8.